The van der Waals surface area contributed by atoms with E-state index in [1.165, 1.54) is 0 Å². The molecule has 0 radical (unpaired) electrons. The van der Waals surface area contributed by atoms with Gasteiger partial charge in [-0.3, -0.25) is 4.79 Å². The lowest BCUT2D eigenvalue weighted by Crippen LogP contribution is -2.46. The zero-order chi connectivity index (χ0) is 14.5. The maximum atomic E-state index is 12.0. The van der Waals surface area contributed by atoms with Crippen molar-refractivity contribution in [2.24, 2.45) is 0 Å². The minimum Gasteiger partial charge on any atom is -0.399 e. The zero-order valence-corrected chi connectivity index (χ0v) is 12.4. The van der Waals surface area contributed by atoms with Gasteiger partial charge in [0, 0.05) is 23.5 Å². The second kappa shape index (κ2) is 6.45. The second-order valence-electron chi connectivity index (χ2n) is 5.81. The smallest absolute Gasteiger partial charge is 0.239 e. The fourth-order valence-electron chi connectivity index (χ4n) is 1.92. The van der Waals surface area contributed by atoms with Crippen molar-refractivity contribution in [3.8, 4) is 0 Å². The summed E-state index contributed by atoms with van der Waals surface area (Å²) >= 11 is 0. The van der Waals surface area contributed by atoms with Crippen molar-refractivity contribution < 1.29 is 4.79 Å². The zero-order valence-electron chi connectivity index (χ0n) is 12.4. The molecule has 0 spiro atoms. The van der Waals surface area contributed by atoms with E-state index >= 15 is 0 Å². The predicted octanol–water partition coefficient (Wildman–Crippen LogP) is 2.40. The number of carbonyl (C=O) groups is 1. The largest absolute Gasteiger partial charge is 0.399 e. The Balaban J connectivity index is 2.76. The molecule has 4 nitrogen and oxygen atoms in total. The second-order valence-corrected chi connectivity index (χ2v) is 5.81. The van der Waals surface area contributed by atoms with Crippen LogP contribution in [0.2, 0.25) is 0 Å². The average Bonchev–Trinajstić information content (AvgIpc) is 2.26. The van der Waals surface area contributed by atoms with Crippen LogP contribution >= 0.6 is 0 Å². The number of hydrogen-bond acceptors (Lipinski definition) is 3. The summed E-state index contributed by atoms with van der Waals surface area (Å²) in [5.41, 5.74) is 7.30. The van der Waals surface area contributed by atoms with Crippen LogP contribution in [0.25, 0.3) is 0 Å². The number of rotatable bonds is 5. The average molecular weight is 263 g/mol. The fourth-order valence-corrected chi connectivity index (χ4v) is 1.92. The van der Waals surface area contributed by atoms with Gasteiger partial charge in [0.2, 0.25) is 5.91 Å². The first kappa shape index (κ1) is 15.3. The van der Waals surface area contributed by atoms with Crippen molar-refractivity contribution in [2.45, 2.75) is 39.7 Å². The first-order chi connectivity index (χ1) is 8.81. The summed E-state index contributed by atoms with van der Waals surface area (Å²) in [7, 11) is 0. The van der Waals surface area contributed by atoms with Crippen LogP contribution in [0, 0.1) is 0 Å². The van der Waals surface area contributed by atoms with E-state index in [1.807, 2.05) is 45.0 Å². The number of anilines is 2. The van der Waals surface area contributed by atoms with Crippen molar-refractivity contribution in [1.82, 2.24) is 5.32 Å². The van der Waals surface area contributed by atoms with Gasteiger partial charge in [-0.05, 0) is 45.4 Å². The molecule has 19 heavy (non-hydrogen) atoms. The number of carbonyl (C=O) groups excluding carboxylic acids is 1. The molecule has 1 aromatic rings. The fraction of sp³-hybridized carbons (Fsp3) is 0.533. The molecule has 3 N–H and O–H groups in total. The van der Waals surface area contributed by atoms with Crippen LogP contribution in [0.5, 0.6) is 0 Å². The molecule has 0 aromatic heterocycles. The number of nitrogen functional groups attached to an aromatic ring is 1. The Morgan fingerprint density at radius 1 is 1.37 bits per heavy atom. The van der Waals surface area contributed by atoms with Crippen LogP contribution in [-0.2, 0) is 4.79 Å². The van der Waals surface area contributed by atoms with Crippen LogP contribution in [0.3, 0.4) is 0 Å². The van der Waals surface area contributed by atoms with Crippen LogP contribution in [0.4, 0.5) is 11.4 Å². The minimum atomic E-state index is -0.204. The van der Waals surface area contributed by atoms with Crippen molar-refractivity contribution in [1.29, 1.82) is 0 Å². The Labute approximate surface area is 116 Å². The summed E-state index contributed by atoms with van der Waals surface area (Å²) in [4.78, 5) is 14.1. The first-order valence-electron chi connectivity index (χ1n) is 6.73. The first-order valence-corrected chi connectivity index (χ1v) is 6.73. The van der Waals surface area contributed by atoms with Crippen molar-refractivity contribution >= 4 is 17.3 Å². The van der Waals surface area contributed by atoms with Crippen molar-refractivity contribution in [3.05, 3.63) is 24.3 Å². The summed E-state index contributed by atoms with van der Waals surface area (Å²) in [5.74, 6) is 0.0309. The van der Waals surface area contributed by atoms with Gasteiger partial charge in [-0.1, -0.05) is 13.0 Å². The molecule has 106 valence electrons. The van der Waals surface area contributed by atoms with E-state index in [-0.39, 0.29) is 11.4 Å². The van der Waals surface area contributed by atoms with Gasteiger partial charge in [-0.25, -0.2) is 0 Å². The molecular weight excluding hydrogens is 238 g/mol. The quantitative estimate of drug-likeness (QED) is 0.802. The molecule has 0 fully saturated rings. The molecule has 0 bridgehead atoms. The number of hydrogen-bond donors (Lipinski definition) is 2. The van der Waals surface area contributed by atoms with Crippen molar-refractivity contribution in [2.75, 3.05) is 23.7 Å². The molecule has 1 aromatic carbocycles. The number of benzene rings is 1. The van der Waals surface area contributed by atoms with Gasteiger partial charge in [0.25, 0.3) is 0 Å². The van der Waals surface area contributed by atoms with E-state index in [1.54, 1.807) is 0 Å². The lowest BCUT2D eigenvalue weighted by atomic mass is 10.1. The molecule has 0 heterocycles. The van der Waals surface area contributed by atoms with E-state index in [0.717, 1.165) is 24.3 Å². The molecule has 0 saturated carbocycles. The van der Waals surface area contributed by atoms with Gasteiger partial charge >= 0.3 is 0 Å². The number of nitrogens with one attached hydrogen (secondary N) is 1. The predicted molar refractivity (Wildman–Crippen MR) is 81.3 cm³/mol. The highest BCUT2D eigenvalue weighted by atomic mass is 16.2. The van der Waals surface area contributed by atoms with E-state index in [0.29, 0.717) is 6.54 Å². The molecule has 0 unspecified atom stereocenters. The van der Waals surface area contributed by atoms with E-state index < -0.39 is 0 Å². The third-order valence-electron chi connectivity index (χ3n) is 2.58. The third-order valence-corrected chi connectivity index (χ3v) is 2.58. The maximum absolute atomic E-state index is 12.0. The van der Waals surface area contributed by atoms with Crippen molar-refractivity contribution in [3.63, 3.8) is 0 Å². The Hall–Kier alpha value is -1.71. The highest BCUT2D eigenvalue weighted by Crippen LogP contribution is 2.17. The standard InChI is InChI=1S/C15H25N3O/c1-5-9-18(11-14(19)17-15(2,3)4)13-8-6-7-12(16)10-13/h6-8,10H,5,9,11,16H2,1-4H3,(H,17,19). The summed E-state index contributed by atoms with van der Waals surface area (Å²) in [6.45, 7) is 9.23. The van der Waals surface area contributed by atoms with Gasteiger partial charge in [-0.15, -0.1) is 0 Å². The molecule has 1 rings (SSSR count). The SMILES string of the molecule is CCCN(CC(=O)NC(C)(C)C)c1cccc(N)c1. The molecule has 0 saturated heterocycles. The Bertz CT molecular complexity index is 424. The Morgan fingerprint density at radius 2 is 2.05 bits per heavy atom. The molecule has 0 aliphatic carbocycles. The molecule has 0 aliphatic rings. The Morgan fingerprint density at radius 3 is 2.58 bits per heavy atom. The summed E-state index contributed by atoms with van der Waals surface area (Å²) in [6, 6.07) is 7.65. The van der Waals surface area contributed by atoms with Crippen LogP contribution in [0.15, 0.2) is 24.3 Å². The number of amides is 1. The van der Waals surface area contributed by atoms with Crippen LogP contribution in [0.1, 0.15) is 34.1 Å². The van der Waals surface area contributed by atoms with E-state index in [4.69, 9.17) is 5.73 Å². The van der Waals surface area contributed by atoms with Crippen LogP contribution in [-0.4, -0.2) is 24.5 Å². The van der Waals surface area contributed by atoms with Crippen LogP contribution < -0.4 is 16.0 Å². The highest BCUT2D eigenvalue weighted by molar-refractivity contribution is 5.82. The summed E-state index contributed by atoms with van der Waals surface area (Å²) in [6.07, 6.45) is 0.984. The molecule has 4 heteroatoms. The normalized spacial score (nSPS) is 11.2. The van der Waals surface area contributed by atoms with Gasteiger partial charge in [0.05, 0.1) is 6.54 Å². The molecule has 0 atom stereocenters. The molecule has 1 amide bonds. The lowest BCUT2D eigenvalue weighted by Gasteiger charge is -2.27. The summed E-state index contributed by atoms with van der Waals surface area (Å²) < 4.78 is 0. The number of nitrogens with zero attached hydrogens (tertiary/aromatic N) is 1. The van der Waals surface area contributed by atoms with Gasteiger partial charge in [-0.2, -0.15) is 0 Å². The lowest BCUT2D eigenvalue weighted by molar-refractivity contribution is -0.121. The monoisotopic (exact) mass is 263 g/mol. The maximum Gasteiger partial charge on any atom is 0.239 e. The summed E-state index contributed by atoms with van der Waals surface area (Å²) in [5, 5.41) is 2.98. The Kier molecular flexibility index (Phi) is 5.21. The molecular formula is C15H25N3O. The topological polar surface area (TPSA) is 58.4 Å². The van der Waals surface area contributed by atoms with E-state index in [2.05, 4.69) is 17.1 Å². The highest BCUT2D eigenvalue weighted by Gasteiger charge is 2.16. The third kappa shape index (κ3) is 5.64. The minimum absolute atomic E-state index is 0.0309. The van der Waals surface area contributed by atoms with Gasteiger partial charge < -0.3 is 16.0 Å². The van der Waals surface area contributed by atoms with Gasteiger partial charge in [0.15, 0.2) is 0 Å². The number of nitrogens with two attached hydrogens (primary N) is 1. The van der Waals surface area contributed by atoms with E-state index in [9.17, 15) is 4.79 Å². The van der Waals surface area contributed by atoms with Gasteiger partial charge in [0.1, 0.15) is 0 Å². The molecule has 0 aliphatic heterocycles.